The number of esters is 1. The van der Waals surface area contributed by atoms with E-state index in [1.807, 2.05) is 19.1 Å². The van der Waals surface area contributed by atoms with Crippen molar-refractivity contribution >= 4 is 17.7 Å². The second kappa shape index (κ2) is 8.31. The smallest absolute Gasteiger partial charge is 0.319 e. The molecule has 0 saturated heterocycles. The second-order valence-corrected chi connectivity index (χ2v) is 6.33. The van der Waals surface area contributed by atoms with Gasteiger partial charge in [0.1, 0.15) is 16.9 Å². The van der Waals surface area contributed by atoms with Crippen molar-refractivity contribution in [3.63, 3.8) is 0 Å². The minimum atomic E-state index is -0.525. The minimum Gasteiger partial charge on any atom is -0.465 e. The highest BCUT2D eigenvalue weighted by Crippen LogP contribution is 2.24. The van der Waals surface area contributed by atoms with Gasteiger partial charge in [0, 0.05) is 5.56 Å². The first-order chi connectivity index (χ1) is 11.6. The molecule has 1 atom stereocenters. The zero-order valence-corrected chi connectivity index (χ0v) is 14.2. The Balaban J connectivity index is 2.33. The van der Waals surface area contributed by atoms with Crippen molar-refractivity contribution in [3.05, 3.63) is 46.2 Å². The normalized spacial score (nSPS) is 11.5. The molecule has 1 aromatic heterocycles. The second-order valence-electron chi connectivity index (χ2n) is 5.00. The lowest BCUT2D eigenvalue weighted by Crippen LogP contribution is -2.20. The van der Waals surface area contributed by atoms with Crippen LogP contribution < -0.4 is 5.56 Å². The van der Waals surface area contributed by atoms with Gasteiger partial charge in [0.15, 0.2) is 5.16 Å². The van der Waals surface area contributed by atoms with E-state index < -0.39 is 10.8 Å². The maximum absolute atomic E-state index is 12.1. The average molecular weight is 343 g/mol. The largest absolute Gasteiger partial charge is 0.465 e. The van der Waals surface area contributed by atoms with Crippen molar-refractivity contribution < 1.29 is 9.53 Å². The Morgan fingerprint density at radius 2 is 2.12 bits per heavy atom. The van der Waals surface area contributed by atoms with Crippen LogP contribution >= 0.6 is 11.8 Å². The van der Waals surface area contributed by atoms with Crippen LogP contribution in [0, 0.1) is 11.3 Å². The third-order valence-electron chi connectivity index (χ3n) is 3.13. The Labute approximate surface area is 143 Å². The van der Waals surface area contributed by atoms with Gasteiger partial charge < -0.3 is 9.72 Å². The molecule has 2 rings (SSSR count). The number of nitriles is 1. The predicted octanol–water partition coefficient (Wildman–Crippen LogP) is 2.74. The Bertz CT molecular complexity index is 812. The van der Waals surface area contributed by atoms with Crippen LogP contribution in [0.2, 0.25) is 0 Å². The van der Waals surface area contributed by atoms with E-state index in [4.69, 9.17) is 4.74 Å². The summed E-state index contributed by atoms with van der Waals surface area (Å²) in [6.07, 6.45) is 0.743. The van der Waals surface area contributed by atoms with Crippen LogP contribution in [0.25, 0.3) is 11.3 Å². The molecule has 0 spiro atoms. The molecule has 0 fully saturated rings. The summed E-state index contributed by atoms with van der Waals surface area (Å²) < 4.78 is 5.08. The number of carbonyl (C=O) groups excluding carboxylic acids is 1. The van der Waals surface area contributed by atoms with Gasteiger partial charge in [0.2, 0.25) is 0 Å². The first-order valence-electron chi connectivity index (χ1n) is 7.50. The summed E-state index contributed by atoms with van der Waals surface area (Å²) in [5.41, 5.74) is 0.399. The van der Waals surface area contributed by atoms with E-state index >= 15 is 0 Å². The molecule has 6 nitrogen and oxygen atoms in total. The van der Waals surface area contributed by atoms with Gasteiger partial charge in [0.25, 0.3) is 5.56 Å². The molecule has 0 saturated carbocycles. The molecule has 7 heteroatoms. The van der Waals surface area contributed by atoms with Crippen LogP contribution in [-0.4, -0.2) is 27.8 Å². The third kappa shape index (κ3) is 4.24. The fourth-order valence-electron chi connectivity index (χ4n) is 1.95. The number of hydrogen-bond donors (Lipinski definition) is 1. The van der Waals surface area contributed by atoms with Crippen molar-refractivity contribution in [3.8, 4) is 17.3 Å². The van der Waals surface area contributed by atoms with Crippen LogP contribution in [0.5, 0.6) is 0 Å². The highest BCUT2D eigenvalue weighted by Gasteiger charge is 2.19. The van der Waals surface area contributed by atoms with Crippen LogP contribution in [0.4, 0.5) is 0 Å². The molecule has 0 unspecified atom stereocenters. The Hall–Kier alpha value is -2.59. The van der Waals surface area contributed by atoms with E-state index in [-0.39, 0.29) is 16.7 Å². The number of aromatic nitrogens is 2. The first kappa shape index (κ1) is 17.8. The van der Waals surface area contributed by atoms with Gasteiger partial charge in [-0.15, -0.1) is 0 Å². The average Bonchev–Trinajstić information content (AvgIpc) is 2.59. The summed E-state index contributed by atoms with van der Waals surface area (Å²) in [4.78, 5) is 30.9. The monoisotopic (exact) mass is 343 g/mol. The number of rotatable bonds is 6. The van der Waals surface area contributed by atoms with Gasteiger partial charge in [-0.05, 0) is 13.3 Å². The topological polar surface area (TPSA) is 95.8 Å². The van der Waals surface area contributed by atoms with E-state index in [2.05, 4.69) is 9.97 Å². The van der Waals surface area contributed by atoms with Crippen LogP contribution in [0.15, 0.2) is 40.3 Å². The maximum Gasteiger partial charge on any atom is 0.319 e. The molecule has 0 aliphatic rings. The molecule has 1 aromatic carbocycles. The summed E-state index contributed by atoms with van der Waals surface area (Å²) in [6, 6.07) is 10.9. The molecule has 124 valence electrons. The molecule has 1 N–H and O–H groups in total. The highest BCUT2D eigenvalue weighted by molar-refractivity contribution is 8.00. The molecule has 2 aromatic rings. The molecule has 0 bridgehead atoms. The molecule has 24 heavy (non-hydrogen) atoms. The number of nitrogens with one attached hydrogen (secondary N) is 1. The van der Waals surface area contributed by atoms with E-state index in [1.165, 1.54) is 0 Å². The van der Waals surface area contributed by atoms with E-state index in [0.717, 1.165) is 18.2 Å². The van der Waals surface area contributed by atoms with Crippen LogP contribution in [0.1, 0.15) is 25.8 Å². The fourth-order valence-corrected chi connectivity index (χ4v) is 2.75. The van der Waals surface area contributed by atoms with Gasteiger partial charge in [-0.25, -0.2) is 4.98 Å². The van der Waals surface area contributed by atoms with Gasteiger partial charge >= 0.3 is 5.97 Å². The Kier molecular flexibility index (Phi) is 6.15. The number of H-pyrrole nitrogens is 1. The lowest BCUT2D eigenvalue weighted by Gasteiger charge is -2.11. The summed E-state index contributed by atoms with van der Waals surface area (Å²) in [7, 11) is 0. The molecule has 0 aliphatic carbocycles. The summed E-state index contributed by atoms with van der Waals surface area (Å²) in [5, 5.41) is 8.99. The predicted molar refractivity (Wildman–Crippen MR) is 91.6 cm³/mol. The van der Waals surface area contributed by atoms with Crippen LogP contribution in [-0.2, 0) is 9.53 Å². The number of thioether (sulfide) groups is 1. The minimum absolute atomic E-state index is 0.0493. The molecular weight excluding hydrogens is 326 g/mol. The SMILES string of the molecule is CCCOC(=O)[C@@H](C)Sc1nc(-c2ccccc2)c(C#N)c(=O)[nH]1. The lowest BCUT2D eigenvalue weighted by atomic mass is 10.1. The molecule has 0 amide bonds. The quantitative estimate of drug-likeness (QED) is 0.492. The Morgan fingerprint density at radius 1 is 1.42 bits per heavy atom. The summed E-state index contributed by atoms with van der Waals surface area (Å²) >= 11 is 1.09. The first-order valence-corrected chi connectivity index (χ1v) is 8.38. The zero-order valence-electron chi connectivity index (χ0n) is 13.4. The summed E-state index contributed by atoms with van der Waals surface area (Å²) in [6.45, 7) is 3.95. The van der Waals surface area contributed by atoms with Gasteiger partial charge in [0.05, 0.1) is 12.3 Å². The zero-order chi connectivity index (χ0) is 17.5. The maximum atomic E-state index is 12.1. The van der Waals surface area contributed by atoms with Gasteiger partial charge in [-0.1, -0.05) is 49.0 Å². The van der Waals surface area contributed by atoms with Crippen molar-refractivity contribution in [1.29, 1.82) is 5.26 Å². The highest BCUT2D eigenvalue weighted by atomic mass is 32.2. The molecule has 0 radical (unpaired) electrons. The van der Waals surface area contributed by atoms with Crippen molar-refractivity contribution in [2.24, 2.45) is 0 Å². The van der Waals surface area contributed by atoms with Crippen molar-refractivity contribution in [2.75, 3.05) is 6.61 Å². The molecule has 0 aliphatic heterocycles. The standard InChI is InChI=1S/C17H17N3O3S/c1-3-9-23-16(22)11(2)24-17-19-14(12-7-5-4-6-8-12)13(10-18)15(21)20-17/h4-8,11H,3,9H2,1-2H3,(H,19,20,21)/t11-/m1/s1. The summed E-state index contributed by atoms with van der Waals surface area (Å²) in [5.74, 6) is -0.366. The van der Waals surface area contributed by atoms with E-state index in [9.17, 15) is 14.9 Å². The van der Waals surface area contributed by atoms with Gasteiger partial charge in [-0.3, -0.25) is 9.59 Å². The number of hydrogen-bond acceptors (Lipinski definition) is 6. The lowest BCUT2D eigenvalue weighted by molar-refractivity contribution is -0.142. The van der Waals surface area contributed by atoms with Crippen LogP contribution in [0.3, 0.4) is 0 Å². The molecular formula is C17H17N3O3S. The number of nitrogens with zero attached hydrogens (tertiary/aromatic N) is 2. The van der Waals surface area contributed by atoms with Gasteiger partial charge in [-0.2, -0.15) is 5.26 Å². The fraction of sp³-hybridized carbons (Fsp3) is 0.294. The van der Waals surface area contributed by atoms with E-state index in [0.29, 0.717) is 17.9 Å². The molecule has 1 heterocycles. The number of carbonyl (C=O) groups is 1. The van der Waals surface area contributed by atoms with Crippen molar-refractivity contribution in [2.45, 2.75) is 30.7 Å². The Morgan fingerprint density at radius 3 is 2.75 bits per heavy atom. The third-order valence-corrected chi connectivity index (χ3v) is 4.09. The number of aromatic amines is 1. The number of benzene rings is 1. The van der Waals surface area contributed by atoms with E-state index in [1.54, 1.807) is 31.2 Å². The van der Waals surface area contributed by atoms with Crippen molar-refractivity contribution in [1.82, 2.24) is 9.97 Å². The number of ether oxygens (including phenoxy) is 1.